The molecule has 2 rings (SSSR count). The summed E-state index contributed by atoms with van der Waals surface area (Å²) < 4.78 is 56.0. The number of methoxy groups -OCH3 is 1. The third kappa shape index (κ3) is 4.43. The van der Waals surface area contributed by atoms with Crippen molar-refractivity contribution in [2.75, 3.05) is 11.8 Å². The van der Waals surface area contributed by atoms with Crippen LogP contribution in [-0.2, 0) is 14.8 Å². The van der Waals surface area contributed by atoms with Crippen LogP contribution < -0.4 is 4.72 Å². The summed E-state index contributed by atoms with van der Waals surface area (Å²) in [4.78, 5) is 11.6. The van der Waals surface area contributed by atoms with E-state index in [9.17, 15) is 22.0 Å². The maximum absolute atomic E-state index is 12.3. The molecule has 0 fully saturated rings. The van der Waals surface area contributed by atoms with Crippen LogP contribution in [0.4, 0.5) is 14.5 Å². The number of carbonyl (C=O) groups excluding carboxylic acids is 1. The van der Waals surface area contributed by atoms with Gasteiger partial charge in [-0.2, -0.15) is 8.78 Å². The Morgan fingerprint density at radius 1 is 1.26 bits per heavy atom. The molecule has 23 heavy (non-hydrogen) atoms. The van der Waals surface area contributed by atoms with Gasteiger partial charge in [0.25, 0.3) is 15.8 Å². The van der Waals surface area contributed by atoms with Crippen molar-refractivity contribution in [3.63, 3.8) is 0 Å². The minimum Gasteiger partial charge on any atom is -0.465 e. The fourth-order valence-corrected chi connectivity index (χ4v) is 4.56. The first-order chi connectivity index (χ1) is 10.8. The number of halogens is 2. The Hall–Kier alpha value is -1.65. The highest BCUT2D eigenvalue weighted by Crippen LogP contribution is 2.28. The van der Waals surface area contributed by atoms with E-state index in [-0.39, 0.29) is 15.5 Å². The molecule has 0 atom stereocenters. The molecule has 0 aliphatic heterocycles. The number of hydrogen-bond donors (Lipinski definition) is 1. The predicted octanol–water partition coefficient (Wildman–Crippen LogP) is 3.65. The molecule has 10 heteroatoms. The second kappa shape index (κ2) is 7.28. The molecule has 2 aromatic rings. The summed E-state index contributed by atoms with van der Waals surface area (Å²) in [6.07, 6.45) is 0. The lowest BCUT2D eigenvalue weighted by molar-refractivity contribution is 0.0602. The summed E-state index contributed by atoms with van der Waals surface area (Å²) in [5.41, 5.74) is 0.200. The number of hydrogen-bond acceptors (Lipinski definition) is 6. The minimum absolute atomic E-state index is 0.0372. The molecule has 0 aliphatic rings. The van der Waals surface area contributed by atoms with Crippen molar-refractivity contribution >= 4 is 44.8 Å². The SMILES string of the molecule is COC(=O)c1sccc1S(=O)(=O)Nc1ccc(SC(F)F)cc1. The predicted molar refractivity (Wildman–Crippen MR) is 84.8 cm³/mol. The third-order valence-electron chi connectivity index (χ3n) is 2.62. The molecular weight excluding hydrogens is 368 g/mol. The van der Waals surface area contributed by atoms with Crippen molar-refractivity contribution in [1.29, 1.82) is 0 Å². The standard InChI is InChI=1S/C13H11F2NO4S3/c1-20-12(17)11-10(6-7-21-11)23(18,19)16-8-2-4-9(5-3-8)22-13(14)15/h2-7,13,16H,1H3. The van der Waals surface area contributed by atoms with Crippen LogP contribution in [0.15, 0.2) is 45.5 Å². The number of thioether (sulfide) groups is 1. The number of esters is 1. The second-order valence-corrected chi connectivity index (χ2v) is 7.74. The average molecular weight is 379 g/mol. The number of nitrogens with one attached hydrogen (secondary N) is 1. The molecule has 5 nitrogen and oxygen atoms in total. The monoisotopic (exact) mass is 379 g/mol. The van der Waals surface area contributed by atoms with Gasteiger partial charge in [-0.05, 0) is 35.7 Å². The first-order valence-electron chi connectivity index (χ1n) is 6.07. The topological polar surface area (TPSA) is 72.5 Å². The highest BCUT2D eigenvalue weighted by atomic mass is 32.2. The Labute approximate surface area is 139 Å². The van der Waals surface area contributed by atoms with Crippen molar-refractivity contribution in [2.24, 2.45) is 0 Å². The summed E-state index contributed by atoms with van der Waals surface area (Å²) in [5, 5.41) is 1.46. The zero-order valence-electron chi connectivity index (χ0n) is 11.7. The Morgan fingerprint density at radius 2 is 1.91 bits per heavy atom. The van der Waals surface area contributed by atoms with E-state index in [1.807, 2.05) is 0 Å². The van der Waals surface area contributed by atoms with Crippen LogP contribution in [-0.4, -0.2) is 27.3 Å². The molecule has 0 unspecified atom stereocenters. The number of sulfonamides is 1. The van der Waals surface area contributed by atoms with Gasteiger partial charge in [0.15, 0.2) is 0 Å². The smallest absolute Gasteiger partial charge is 0.349 e. The van der Waals surface area contributed by atoms with Crippen molar-refractivity contribution in [3.05, 3.63) is 40.6 Å². The van der Waals surface area contributed by atoms with E-state index in [2.05, 4.69) is 9.46 Å². The molecule has 0 saturated carbocycles. The number of alkyl halides is 2. The van der Waals surface area contributed by atoms with E-state index in [1.165, 1.54) is 35.7 Å². The number of ether oxygens (including phenoxy) is 1. The number of thiophene rings is 1. The van der Waals surface area contributed by atoms with Crippen LogP contribution in [0, 0.1) is 0 Å². The van der Waals surface area contributed by atoms with E-state index >= 15 is 0 Å². The fraction of sp³-hybridized carbons (Fsp3) is 0.154. The number of benzene rings is 1. The summed E-state index contributed by atoms with van der Waals surface area (Å²) in [7, 11) is -2.83. The molecule has 1 N–H and O–H groups in total. The molecule has 0 aliphatic carbocycles. The first-order valence-corrected chi connectivity index (χ1v) is 9.31. The Bertz CT molecular complexity index is 788. The van der Waals surface area contributed by atoms with Gasteiger partial charge in [0, 0.05) is 10.6 Å². The van der Waals surface area contributed by atoms with Crippen LogP contribution >= 0.6 is 23.1 Å². The van der Waals surface area contributed by atoms with Crippen LogP contribution in [0.1, 0.15) is 9.67 Å². The molecule has 0 amide bonds. The molecule has 1 aromatic carbocycles. The number of carbonyl (C=O) groups is 1. The van der Waals surface area contributed by atoms with Gasteiger partial charge in [0.05, 0.1) is 7.11 Å². The molecule has 0 bridgehead atoms. The van der Waals surface area contributed by atoms with Crippen molar-refractivity contribution in [1.82, 2.24) is 0 Å². The van der Waals surface area contributed by atoms with Crippen LogP contribution in [0.25, 0.3) is 0 Å². The van der Waals surface area contributed by atoms with Crippen LogP contribution in [0.5, 0.6) is 0 Å². The van der Waals surface area contributed by atoms with Crippen molar-refractivity contribution < 1.29 is 26.7 Å². The molecule has 0 spiro atoms. The Kier molecular flexibility index (Phi) is 5.60. The number of rotatable bonds is 6. The van der Waals surface area contributed by atoms with Crippen LogP contribution in [0.2, 0.25) is 0 Å². The first kappa shape index (κ1) is 17.7. The van der Waals surface area contributed by atoms with Gasteiger partial charge in [0.1, 0.15) is 9.77 Å². The molecule has 1 aromatic heterocycles. The van der Waals surface area contributed by atoms with E-state index in [1.54, 1.807) is 0 Å². The maximum atomic E-state index is 12.3. The molecular formula is C13H11F2NO4S3. The quantitative estimate of drug-likeness (QED) is 0.613. The van der Waals surface area contributed by atoms with Gasteiger partial charge in [0.2, 0.25) is 0 Å². The molecule has 0 saturated heterocycles. The van der Waals surface area contributed by atoms with E-state index in [0.717, 1.165) is 18.4 Å². The van der Waals surface area contributed by atoms with E-state index in [0.29, 0.717) is 16.7 Å². The van der Waals surface area contributed by atoms with Gasteiger partial charge < -0.3 is 4.74 Å². The van der Waals surface area contributed by atoms with E-state index in [4.69, 9.17) is 0 Å². The zero-order chi connectivity index (χ0) is 17.0. The van der Waals surface area contributed by atoms with Gasteiger partial charge in [-0.15, -0.1) is 11.3 Å². The summed E-state index contributed by atoms with van der Waals surface area (Å²) >= 11 is 1.31. The summed E-state index contributed by atoms with van der Waals surface area (Å²) in [6, 6.07) is 6.78. The van der Waals surface area contributed by atoms with Gasteiger partial charge in [-0.1, -0.05) is 11.8 Å². The summed E-state index contributed by atoms with van der Waals surface area (Å²) in [5.74, 6) is -3.30. The second-order valence-electron chi connectivity index (χ2n) is 4.11. The van der Waals surface area contributed by atoms with Crippen LogP contribution in [0.3, 0.4) is 0 Å². The lowest BCUT2D eigenvalue weighted by Gasteiger charge is -2.09. The zero-order valence-corrected chi connectivity index (χ0v) is 14.1. The largest absolute Gasteiger partial charge is 0.465 e. The average Bonchev–Trinajstić information content (AvgIpc) is 2.98. The third-order valence-corrected chi connectivity index (χ3v) is 5.79. The molecule has 124 valence electrons. The molecule has 0 radical (unpaired) electrons. The highest BCUT2D eigenvalue weighted by molar-refractivity contribution is 7.99. The highest BCUT2D eigenvalue weighted by Gasteiger charge is 2.24. The summed E-state index contributed by atoms with van der Waals surface area (Å²) in [6.45, 7) is 0. The Balaban J connectivity index is 2.22. The lowest BCUT2D eigenvalue weighted by Crippen LogP contribution is -2.15. The van der Waals surface area contributed by atoms with E-state index < -0.39 is 21.8 Å². The normalized spacial score (nSPS) is 11.5. The molecule has 1 heterocycles. The minimum atomic E-state index is -3.99. The number of anilines is 1. The Morgan fingerprint density at radius 3 is 2.48 bits per heavy atom. The van der Waals surface area contributed by atoms with Crippen molar-refractivity contribution in [3.8, 4) is 0 Å². The lowest BCUT2D eigenvalue weighted by atomic mass is 10.3. The van der Waals surface area contributed by atoms with Gasteiger partial charge >= 0.3 is 5.97 Å². The van der Waals surface area contributed by atoms with Gasteiger partial charge in [-0.25, -0.2) is 13.2 Å². The van der Waals surface area contributed by atoms with Crippen molar-refractivity contribution in [2.45, 2.75) is 15.5 Å². The fourth-order valence-electron chi connectivity index (χ4n) is 1.67. The van der Waals surface area contributed by atoms with Gasteiger partial charge in [-0.3, -0.25) is 4.72 Å². The maximum Gasteiger partial charge on any atom is 0.349 e.